The molecule has 3 aromatic carbocycles. The van der Waals surface area contributed by atoms with Crippen molar-refractivity contribution in [3.05, 3.63) is 105 Å². The summed E-state index contributed by atoms with van der Waals surface area (Å²) < 4.78 is 19.2. The molecule has 0 radical (unpaired) electrons. The lowest BCUT2D eigenvalue weighted by atomic mass is 9.78. The molecule has 8 heteroatoms. The third-order valence-corrected chi connectivity index (χ3v) is 6.55. The molecule has 2 N–H and O–H groups in total. The fourth-order valence-corrected chi connectivity index (χ4v) is 5.15. The van der Waals surface area contributed by atoms with Crippen LogP contribution in [-0.2, 0) is 16.9 Å². The molecule has 1 spiro atoms. The van der Waals surface area contributed by atoms with Crippen LogP contribution in [0.1, 0.15) is 29.5 Å². The molecular weight excluding hydrogens is 425 g/mol. The second kappa shape index (κ2) is 7.97. The number of halogens is 1. The average molecular weight is 447 g/mol. The van der Waals surface area contributed by atoms with Gasteiger partial charge in [0.25, 0.3) is 11.9 Å². The molecule has 5 rings (SSSR count). The molecule has 3 aromatic rings. The van der Waals surface area contributed by atoms with Crippen molar-refractivity contribution in [2.45, 2.75) is 37.1 Å². The van der Waals surface area contributed by atoms with Crippen molar-refractivity contribution in [3.63, 3.8) is 0 Å². The van der Waals surface area contributed by atoms with Crippen LogP contribution < -0.4 is 15.4 Å². The molecule has 2 heterocycles. The second-order valence-corrected chi connectivity index (χ2v) is 8.45. The number of anilines is 1. The largest absolute Gasteiger partial charge is 0.489 e. The van der Waals surface area contributed by atoms with Gasteiger partial charge in [0.15, 0.2) is 5.54 Å². The van der Waals surface area contributed by atoms with Crippen LogP contribution in [-0.4, -0.2) is 22.9 Å². The molecule has 1 fully saturated rings. The number of nitrogens with one attached hydrogen (secondary N) is 2. The highest BCUT2D eigenvalue weighted by Gasteiger charge is 2.67. The number of amides is 1. The van der Waals surface area contributed by atoms with E-state index in [0.717, 1.165) is 5.56 Å². The third-order valence-electron chi connectivity index (χ3n) is 6.55. The number of ether oxygens (including phenoxy) is 1. The van der Waals surface area contributed by atoms with Crippen LogP contribution in [0.2, 0.25) is 0 Å². The molecule has 2 aliphatic rings. The molecule has 0 unspecified atom stereocenters. The van der Waals surface area contributed by atoms with E-state index in [9.17, 15) is 19.3 Å². The Hall–Kier alpha value is -3.78. The lowest BCUT2D eigenvalue weighted by Crippen LogP contribution is -2.54. The highest BCUT2D eigenvalue weighted by atomic mass is 19.1. The van der Waals surface area contributed by atoms with E-state index in [1.54, 1.807) is 60.7 Å². The molecule has 0 bridgehead atoms. The Bertz CT molecular complexity index is 1230. The maximum absolute atomic E-state index is 13.2. The van der Waals surface area contributed by atoms with E-state index >= 15 is 0 Å². The zero-order valence-corrected chi connectivity index (χ0v) is 17.8. The van der Waals surface area contributed by atoms with Crippen molar-refractivity contribution in [2.75, 3.05) is 5.32 Å². The second-order valence-electron chi connectivity index (χ2n) is 8.45. The average Bonchev–Trinajstić information content (AvgIpc) is 3.27. The maximum Gasteiger partial charge on any atom is 0.256 e. The standard InChI is InChI=1S/C25H22FN3O4/c1-15-22(18-6-2-5-9-21(18)33-14-16-10-12-17(26)13-11-16)23(29(31)32)25(28-15)19-7-3-4-8-20(19)27-24(25)30/h2-13,15,22-23,28H,14H2,1H3,(H,27,30)/t15-,22-,23+,25-/m0/s1. The van der Waals surface area contributed by atoms with E-state index in [2.05, 4.69) is 10.6 Å². The lowest BCUT2D eigenvalue weighted by molar-refractivity contribution is -0.532. The van der Waals surface area contributed by atoms with Gasteiger partial charge in [0.1, 0.15) is 18.2 Å². The van der Waals surface area contributed by atoms with Crippen LogP contribution in [0.5, 0.6) is 5.75 Å². The fraction of sp³-hybridized carbons (Fsp3) is 0.240. The van der Waals surface area contributed by atoms with Gasteiger partial charge in [0.05, 0.1) is 5.92 Å². The van der Waals surface area contributed by atoms with Gasteiger partial charge >= 0.3 is 0 Å². The SMILES string of the molecule is C[C@@H]1N[C@]2(C(=O)Nc3ccccc32)[C@H]([N+](=O)[O-])[C@@H]1c1ccccc1OCc1ccc(F)cc1. The van der Waals surface area contributed by atoms with E-state index in [1.165, 1.54) is 12.1 Å². The van der Waals surface area contributed by atoms with Crippen LogP contribution in [0.25, 0.3) is 0 Å². The predicted molar refractivity (Wildman–Crippen MR) is 120 cm³/mol. The van der Waals surface area contributed by atoms with Gasteiger partial charge in [0, 0.05) is 27.8 Å². The Morgan fingerprint density at radius 3 is 2.52 bits per heavy atom. The first-order valence-electron chi connectivity index (χ1n) is 10.7. The van der Waals surface area contributed by atoms with Crippen LogP contribution in [0.4, 0.5) is 10.1 Å². The topological polar surface area (TPSA) is 93.5 Å². The first kappa shape index (κ1) is 21.1. The Labute approximate surface area is 189 Å². The molecule has 0 saturated carbocycles. The minimum Gasteiger partial charge on any atom is -0.489 e. The number of nitro groups is 1. The Morgan fingerprint density at radius 2 is 1.76 bits per heavy atom. The number of nitrogens with zero attached hydrogens (tertiary/aromatic N) is 1. The van der Waals surface area contributed by atoms with Gasteiger partial charge in [0.2, 0.25) is 0 Å². The number of hydrogen-bond acceptors (Lipinski definition) is 5. The van der Waals surface area contributed by atoms with Gasteiger partial charge < -0.3 is 10.1 Å². The molecule has 4 atom stereocenters. The minimum absolute atomic E-state index is 0.184. The van der Waals surface area contributed by atoms with Gasteiger partial charge in [-0.3, -0.25) is 20.2 Å². The number of fused-ring (bicyclic) bond motifs is 2. The van der Waals surface area contributed by atoms with Crippen molar-refractivity contribution in [2.24, 2.45) is 0 Å². The number of hydrogen-bond donors (Lipinski definition) is 2. The van der Waals surface area contributed by atoms with E-state index < -0.39 is 23.4 Å². The van der Waals surface area contributed by atoms with Crippen LogP contribution >= 0.6 is 0 Å². The van der Waals surface area contributed by atoms with Crippen LogP contribution in [0.3, 0.4) is 0 Å². The smallest absolute Gasteiger partial charge is 0.256 e. The molecule has 168 valence electrons. The minimum atomic E-state index is -1.48. The number of para-hydroxylation sites is 2. The van der Waals surface area contributed by atoms with Crippen molar-refractivity contribution in [1.82, 2.24) is 5.32 Å². The van der Waals surface area contributed by atoms with Gasteiger partial charge in [-0.2, -0.15) is 0 Å². The first-order valence-corrected chi connectivity index (χ1v) is 10.7. The number of carbonyl (C=O) groups excluding carboxylic acids is 1. The molecular formula is C25H22FN3O4. The molecule has 2 aliphatic heterocycles. The van der Waals surface area contributed by atoms with Crippen LogP contribution in [0.15, 0.2) is 72.8 Å². The van der Waals surface area contributed by atoms with E-state index in [4.69, 9.17) is 4.74 Å². The van der Waals surface area contributed by atoms with Crippen molar-refractivity contribution in [3.8, 4) is 5.75 Å². The summed E-state index contributed by atoms with van der Waals surface area (Å²) in [6.45, 7) is 2.03. The molecule has 0 aliphatic carbocycles. The molecule has 0 aromatic heterocycles. The summed E-state index contributed by atoms with van der Waals surface area (Å²) in [5, 5.41) is 18.6. The quantitative estimate of drug-likeness (QED) is 0.456. The Morgan fingerprint density at radius 1 is 1.06 bits per heavy atom. The monoisotopic (exact) mass is 447 g/mol. The molecule has 33 heavy (non-hydrogen) atoms. The van der Waals surface area contributed by atoms with Gasteiger partial charge in [-0.1, -0.05) is 48.5 Å². The van der Waals surface area contributed by atoms with Crippen molar-refractivity contribution in [1.29, 1.82) is 0 Å². The van der Waals surface area contributed by atoms with E-state index in [0.29, 0.717) is 22.6 Å². The van der Waals surface area contributed by atoms with E-state index in [-0.39, 0.29) is 23.4 Å². The maximum atomic E-state index is 13.2. The van der Waals surface area contributed by atoms with Crippen molar-refractivity contribution >= 4 is 11.6 Å². The summed E-state index contributed by atoms with van der Waals surface area (Å²) in [7, 11) is 0. The zero-order valence-electron chi connectivity index (χ0n) is 17.8. The summed E-state index contributed by atoms with van der Waals surface area (Å²) in [4.78, 5) is 25.3. The van der Waals surface area contributed by atoms with Crippen LogP contribution in [0, 0.1) is 15.9 Å². The lowest BCUT2D eigenvalue weighted by Gasteiger charge is -2.26. The van der Waals surface area contributed by atoms with Gasteiger partial charge in [-0.15, -0.1) is 0 Å². The van der Waals surface area contributed by atoms with E-state index in [1.807, 2.05) is 6.92 Å². The van der Waals surface area contributed by atoms with Gasteiger partial charge in [-0.05, 0) is 36.8 Å². The number of rotatable bonds is 5. The normalized spacial score (nSPS) is 25.6. The Balaban J connectivity index is 1.54. The Kier molecular flexibility index (Phi) is 5.09. The number of benzene rings is 3. The molecule has 1 amide bonds. The van der Waals surface area contributed by atoms with Gasteiger partial charge in [-0.25, -0.2) is 4.39 Å². The highest BCUT2D eigenvalue weighted by molar-refractivity contribution is 6.07. The first-order chi connectivity index (χ1) is 15.9. The highest BCUT2D eigenvalue weighted by Crippen LogP contribution is 2.50. The summed E-state index contributed by atoms with van der Waals surface area (Å²) in [6.07, 6.45) is 0. The fourth-order valence-electron chi connectivity index (χ4n) is 5.15. The zero-order chi connectivity index (χ0) is 23.2. The summed E-state index contributed by atoms with van der Waals surface area (Å²) in [6, 6.07) is 18.6. The van der Waals surface area contributed by atoms with Crippen molar-refractivity contribution < 1.29 is 18.8 Å². The predicted octanol–water partition coefficient (Wildman–Crippen LogP) is 3.97. The molecule has 7 nitrogen and oxygen atoms in total. The summed E-state index contributed by atoms with van der Waals surface area (Å²) in [5.41, 5.74) is 1.10. The third kappa shape index (κ3) is 3.34. The summed E-state index contributed by atoms with van der Waals surface area (Å²) >= 11 is 0. The summed E-state index contributed by atoms with van der Waals surface area (Å²) in [5.74, 6) is -0.888. The molecule has 1 saturated heterocycles. The number of carbonyl (C=O) groups is 1.